The van der Waals surface area contributed by atoms with Gasteiger partial charge < -0.3 is 15.0 Å². The molecular formula is C25H37O3-. The van der Waals surface area contributed by atoms with Crippen molar-refractivity contribution >= 4 is 5.97 Å². The number of carboxylic acid groups (broad SMARTS) is 1. The fraction of sp³-hybridized carbons (Fsp3) is 0.880. The third kappa shape index (κ3) is 2.29. The molecule has 0 amide bonds. The molecular weight excluding hydrogens is 348 g/mol. The molecule has 0 aromatic rings. The molecule has 0 aromatic carbocycles. The average Bonchev–Trinajstić information content (AvgIpc) is 2.99. The van der Waals surface area contributed by atoms with E-state index < -0.39 is 5.97 Å². The van der Waals surface area contributed by atoms with Gasteiger partial charge in [0.2, 0.25) is 0 Å². The van der Waals surface area contributed by atoms with Crippen molar-refractivity contribution in [2.24, 2.45) is 51.8 Å². The summed E-state index contributed by atoms with van der Waals surface area (Å²) in [5.74, 6) is 2.79. The van der Waals surface area contributed by atoms with E-state index in [2.05, 4.69) is 27.7 Å². The second-order valence-electron chi connectivity index (χ2n) is 12.0. The number of aliphatic carboxylic acids is 1. The van der Waals surface area contributed by atoms with Crippen molar-refractivity contribution in [3.63, 3.8) is 0 Å². The molecule has 1 N–H and O–H groups in total. The Morgan fingerprint density at radius 3 is 2.57 bits per heavy atom. The van der Waals surface area contributed by atoms with Crippen molar-refractivity contribution in [3.8, 4) is 0 Å². The second-order valence-corrected chi connectivity index (χ2v) is 12.0. The molecule has 0 aliphatic heterocycles. The van der Waals surface area contributed by atoms with Crippen LogP contribution in [0.25, 0.3) is 0 Å². The van der Waals surface area contributed by atoms with Crippen LogP contribution >= 0.6 is 0 Å². The largest absolute Gasteiger partial charge is 0.545 e. The Morgan fingerprint density at radius 2 is 1.93 bits per heavy atom. The minimum Gasteiger partial charge on any atom is -0.545 e. The molecule has 0 aromatic heterocycles. The first-order valence-corrected chi connectivity index (χ1v) is 11.7. The highest BCUT2D eigenvalue weighted by Gasteiger charge is 2.71. The molecule has 0 bridgehead atoms. The topological polar surface area (TPSA) is 60.4 Å². The Hall–Kier alpha value is -0.830. The lowest BCUT2D eigenvalue weighted by atomic mass is 9.49. The van der Waals surface area contributed by atoms with E-state index in [1.165, 1.54) is 31.3 Å². The average molecular weight is 386 g/mol. The fourth-order valence-corrected chi connectivity index (χ4v) is 9.06. The summed E-state index contributed by atoms with van der Waals surface area (Å²) in [4.78, 5) is 11.9. The van der Waals surface area contributed by atoms with Crippen molar-refractivity contribution in [3.05, 3.63) is 11.1 Å². The van der Waals surface area contributed by atoms with Crippen LogP contribution in [0, 0.1) is 51.8 Å². The van der Waals surface area contributed by atoms with Crippen molar-refractivity contribution in [2.75, 3.05) is 6.61 Å². The quantitative estimate of drug-likeness (QED) is 0.800. The molecule has 0 spiro atoms. The lowest BCUT2D eigenvalue weighted by molar-refractivity contribution is -0.299. The molecule has 5 aliphatic rings. The predicted octanol–water partition coefficient (Wildman–Crippen LogP) is 3.95. The third-order valence-corrected chi connectivity index (χ3v) is 10.6. The van der Waals surface area contributed by atoms with E-state index in [4.69, 9.17) is 0 Å². The highest BCUT2D eigenvalue weighted by molar-refractivity contribution is 5.86. The number of carbonyl (C=O) groups is 1. The highest BCUT2D eigenvalue weighted by Crippen LogP contribution is 2.77. The van der Waals surface area contributed by atoms with Crippen molar-refractivity contribution < 1.29 is 15.0 Å². The zero-order valence-corrected chi connectivity index (χ0v) is 18.1. The predicted molar refractivity (Wildman–Crippen MR) is 107 cm³/mol. The van der Waals surface area contributed by atoms with Gasteiger partial charge in [-0.05, 0) is 103 Å². The van der Waals surface area contributed by atoms with Crippen LogP contribution in [-0.2, 0) is 4.79 Å². The number of hydrogen-bond acceptors (Lipinski definition) is 3. The van der Waals surface area contributed by atoms with Crippen LogP contribution in [0.4, 0.5) is 0 Å². The zero-order valence-electron chi connectivity index (χ0n) is 18.1. The van der Waals surface area contributed by atoms with Gasteiger partial charge in [-0.25, -0.2) is 0 Å². The van der Waals surface area contributed by atoms with Crippen molar-refractivity contribution in [1.29, 1.82) is 0 Å². The number of allylic oxidation sites excluding steroid dienone is 1. The van der Waals surface area contributed by atoms with E-state index in [9.17, 15) is 15.0 Å². The maximum Gasteiger partial charge on any atom is 0.0674 e. The van der Waals surface area contributed by atoms with Gasteiger partial charge in [0.25, 0.3) is 0 Å². The van der Waals surface area contributed by atoms with E-state index >= 15 is 0 Å². The number of aliphatic hydroxyl groups excluding tert-OH is 1. The van der Waals surface area contributed by atoms with Gasteiger partial charge in [-0.15, -0.1) is 0 Å². The first-order valence-electron chi connectivity index (χ1n) is 11.7. The van der Waals surface area contributed by atoms with Gasteiger partial charge in [-0.1, -0.05) is 33.3 Å². The number of aliphatic hydroxyl groups is 1. The first kappa shape index (κ1) is 19.2. The Morgan fingerprint density at radius 1 is 1.18 bits per heavy atom. The Bertz CT molecular complexity index is 738. The molecule has 4 saturated carbocycles. The molecule has 4 fully saturated rings. The van der Waals surface area contributed by atoms with Crippen LogP contribution < -0.4 is 5.11 Å². The second kappa shape index (κ2) is 5.86. The number of fused-ring (bicyclic) bond motifs is 7. The smallest absolute Gasteiger partial charge is 0.0674 e. The lowest BCUT2D eigenvalue weighted by Crippen LogP contribution is -2.51. The normalized spacial score (nSPS) is 52.0. The third-order valence-electron chi connectivity index (χ3n) is 10.6. The maximum absolute atomic E-state index is 11.9. The number of rotatable bonds is 3. The lowest BCUT2D eigenvalue weighted by Gasteiger charge is -2.55. The van der Waals surface area contributed by atoms with Crippen LogP contribution in [-0.4, -0.2) is 17.7 Å². The van der Waals surface area contributed by atoms with Crippen LogP contribution in [0.5, 0.6) is 0 Å². The maximum atomic E-state index is 11.9. The van der Waals surface area contributed by atoms with E-state index in [1.807, 2.05) is 0 Å². The molecule has 28 heavy (non-hydrogen) atoms. The summed E-state index contributed by atoms with van der Waals surface area (Å²) in [6, 6.07) is 0. The molecule has 3 nitrogen and oxygen atoms in total. The molecule has 0 heterocycles. The molecule has 156 valence electrons. The molecule has 8 atom stereocenters. The molecule has 0 saturated heterocycles. The molecule has 3 heteroatoms. The van der Waals surface area contributed by atoms with Crippen LogP contribution in [0.2, 0.25) is 0 Å². The number of carbonyl (C=O) groups excluding carboxylic acids is 1. The summed E-state index contributed by atoms with van der Waals surface area (Å²) < 4.78 is 0. The molecule has 0 radical (unpaired) electrons. The highest BCUT2D eigenvalue weighted by atomic mass is 16.4. The summed E-state index contributed by atoms with van der Waals surface area (Å²) in [7, 11) is 0. The molecule has 5 rings (SSSR count). The number of hydrogen-bond donors (Lipinski definition) is 1. The molecule has 5 aliphatic carbocycles. The minimum atomic E-state index is -0.952. The monoisotopic (exact) mass is 385 g/mol. The van der Waals surface area contributed by atoms with Crippen LogP contribution in [0.3, 0.4) is 0 Å². The standard InChI is InChI=1S/C25H38O3/c1-14(2)15-7-8-23(3)9-10-25(13-26)11-17-16(22(27)28)5-6-18(17)24(4)12-19(24)21(25)20(15)23/h14-15,18-21,26H,5-13H2,1-4H3,(H,27,28)/p-1/t15-,18-,19-,20+,21+,23+,24+,25-/m1/s1. The van der Waals surface area contributed by atoms with Gasteiger partial charge in [0.15, 0.2) is 0 Å². The van der Waals surface area contributed by atoms with E-state index in [1.54, 1.807) is 0 Å². The van der Waals surface area contributed by atoms with Gasteiger partial charge in [0.1, 0.15) is 0 Å². The minimum absolute atomic E-state index is 0.112. The van der Waals surface area contributed by atoms with E-state index in [0.717, 1.165) is 25.2 Å². The first-order chi connectivity index (χ1) is 13.2. The van der Waals surface area contributed by atoms with Crippen molar-refractivity contribution in [1.82, 2.24) is 0 Å². The summed E-state index contributed by atoms with van der Waals surface area (Å²) in [6.07, 6.45) is 8.61. The van der Waals surface area contributed by atoms with E-state index in [-0.39, 0.29) is 17.4 Å². The Balaban J connectivity index is 1.65. The van der Waals surface area contributed by atoms with Gasteiger partial charge in [-0.2, -0.15) is 0 Å². The van der Waals surface area contributed by atoms with Crippen LogP contribution in [0.15, 0.2) is 11.1 Å². The zero-order chi connectivity index (χ0) is 20.1. The summed E-state index contributed by atoms with van der Waals surface area (Å²) >= 11 is 0. The van der Waals surface area contributed by atoms with Gasteiger partial charge >= 0.3 is 0 Å². The Kier molecular flexibility index (Phi) is 4.01. The Labute approximate surface area is 170 Å². The molecule has 0 unspecified atom stereocenters. The SMILES string of the molecule is CC(C)[C@H]1CC[C@@]2(C)CC[C@]3(CO)CC4=C(C(=O)[O-])CC[C@H]4[C@]4(C)C[C@@H]4[C@H]3[C@H]12. The summed E-state index contributed by atoms with van der Waals surface area (Å²) in [5.41, 5.74) is 2.30. The number of carboxylic acids is 1. The van der Waals surface area contributed by atoms with Gasteiger partial charge in [-0.3, -0.25) is 0 Å². The van der Waals surface area contributed by atoms with E-state index in [0.29, 0.717) is 47.0 Å². The summed E-state index contributed by atoms with van der Waals surface area (Å²) in [6.45, 7) is 9.95. The van der Waals surface area contributed by atoms with Crippen LogP contribution in [0.1, 0.15) is 79.1 Å². The van der Waals surface area contributed by atoms with Crippen molar-refractivity contribution in [2.45, 2.75) is 79.1 Å². The van der Waals surface area contributed by atoms with Gasteiger partial charge in [0, 0.05) is 12.0 Å². The summed E-state index contributed by atoms with van der Waals surface area (Å²) in [5, 5.41) is 22.7. The fourth-order valence-electron chi connectivity index (χ4n) is 9.06. The van der Waals surface area contributed by atoms with Gasteiger partial charge in [0.05, 0.1) is 5.97 Å².